The van der Waals surface area contributed by atoms with E-state index in [0.29, 0.717) is 49.5 Å². The maximum Gasteiger partial charge on any atom is 0.193 e. The summed E-state index contributed by atoms with van der Waals surface area (Å²) in [6, 6.07) is 11.5. The van der Waals surface area contributed by atoms with E-state index in [1.165, 1.54) is 12.1 Å². The minimum Gasteiger partial charge on any atom is -0.494 e. The van der Waals surface area contributed by atoms with Gasteiger partial charge in [-0.3, -0.25) is 4.99 Å². The molecule has 0 saturated heterocycles. The van der Waals surface area contributed by atoms with Crippen molar-refractivity contribution in [3.8, 4) is 17.2 Å². The molecule has 0 aromatic heterocycles. The van der Waals surface area contributed by atoms with Gasteiger partial charge in [-0.1, -0.05) is 0 Å². The fraction of sp³-hybridized carbons (Fsp3) is 0.381. The molecule has 0 radical (unpaired) electrons. The van der Waals surface area contributed by atoms with Crippen molar-refractivity contribution in [3.05, 3.63) is 48.3 Å². The molecule has 0 bridgehead atoms. The molecule has 0 aliphatic heterocycles. The Kier molecular flexibility index (Phi) is 8.91. The highest BCUT2D eigenvalue weighted by molar-refractivity contribution is 5.94. The van der Waals surface area contributed by atoms with Crippen LogP contribution < -0.4 is 25.3 Å². The highest BCUT2D eigenvalue weighted by atomic mass is 19.1. The van der Waals surface area contributed by atoms with E-state index in [-0.39, 0.29) is 5.82 Å². The number of benzene rings is 2. The van der Waals surface area contributed by atoms with E-state index in [0.717, 1.165) is 18.6 Å². The maximum atomic E-state index is 12.8. The highest BCUT2D eigenvalue weighted by Crippen LogP contribution is 2.29. The average Bonchev–Trinajstić information content (AvgIpc) is 2.68. The lowest BCUT2D eigenvalue weighted by Crippen LogP contribution is -2.23. The van der Waals surface area contributed by atoms with Gasteiger partial charge in [0.25, 0.3) is 0 Å². The topological polar surface area (TPSA) is 78.1 Å². The molecule has 0 spiro atoms. The monoisotopic (exact) mass is 389 g/mol. The normalized spacial score (nSPS) is 11.2. The van der Waals surface area contributed by atoms with Crippen LogP contribution in [0, 0.1) is 5.82 Å². The third kappa shape index (κ3) is 7.34. The molecule has 152 valence electrons. The number of aliphatic imine (C=N–C) groups is 1. The number of nitrogens with two attached hydrogens (primary N) is 1. The van der Waals surface area contributed by atoms with Gasteiger partial charge in [-0.25, -0.2) is 4.39 Å². The molecule has 0 aliphatic carbocycles. The summed E-state index contributed by atoms with van der Waals surface area (Å²) in [5, 5.41) is 3.07. The predicted molar refractivity (Wildman–Crippen MR) is 110 cm³/mol. The molecule has 2 aromatic carbocycles. The predicted octanol–water partition coefficient (Wildman–Crippen LogP) is 4.21. The Labute approximate surface area is 165 Å². The third-order valence-electron chi connectivity index (χ3n) is 3.74. The van der Waals surface area contributed by atoms with Crippen LogP contribution >= 0.6 is 0 Å². The number of nitrogens with one attached hydrogen (secondary N) is 1. The van der Waals surface area contributed by atoms with E-state index in [4.69, 9.17) is 19.9 Å². The molecule has 0 heterocycles. The van der Waals surface area contributed by atoms with Crippen molar-refractivity contribution < 1.29 is 18.6 Å². The van der Waals surface area contributed by atoms with Crippen LogP contribution in [0.5, 0.6) is 17.2 Å². The number of ether oxygens (including phenoxy) is 3. The summed E-state index contributed by atoms with van der Waals surface area (Å²) in [5.74, 6) is 2.12. The summed E-state index contributed by atoms with van der Waals surface area (Å²) >= 11 is 0. The zero-order chi connectivity index (χ0) is 20.2. The Balaban J connectivity index is 1.78. The molecule has 3 N–H and O–H groups in total. The van der Waals surface area contributed by atoms with Crippen LogP contribution in [0.25, 0.3) is 0 Å². The second-order valence-corrected chi connectivity index (χ2v) is 5.93. The van der Waals surface area contributed by atoms with Crippen molar-refractivity contribution in [3.63, 3.8) is 0 Å². The lowest BCUT2D eigenvalue weighted by atomic mass is 10.2. The standard InChI is InChI=1S/C21H28FN3O3/c1-3-26-18-11-12-20(27-4-2)19(15-18)25-21(23)24-13-5-6-14-28-17-9-7-16(22)8-10-17/h7-12,15H,3-6,13-14H2,1-2H3,(H3,23,24,25). The number of guanidine groups is 1. The fourth-order valence-corrected chi connectivity index (χ4v) is 2.46. The van der Waals surface area contributed by atoms with Crippen molar-refractivity contribution in [1.29, 1.82) is 0 Å². The Hall–Kier alpha value is -2.96. The summed E-state index contributed by atoms with van der Waals surface area (Å²) < 4.78 is 29.5. The number of rotatable bonds is 11. The zero-order valence-electron chi connectivity index (χ0n) is 16.4. The molecule has 0 unspecified atom stereocenters. The molecule has 2 aromatic rings. The van der Waals surface area contributed by atoms with Gasteiger partial charge in [-0.2, -0.15) is 0 Å². The van der Waals surface area contributed by atoms with Gasteiger partial charge < -0.3 is 25.3 Å². The number of nitrogens with zero attached hydrogens (tertiary/aromatic N) is 1. The number of unbranched alkanes of at least 4 members (excludes halogenated alkanes) is 1. The largest absolute Gasteiger partial charge is 0.494 e. The quantitative estimate of drug-likeness (QED) is 0.342. The number of anilines is 1. The molecule has 2 rings (SSSR count). The van der Waals surface area contributed by atoms with Crippen molar-refractivity contribution in [2.24, 2.45) is 10.7 Å². The molecule has 0 atom stereocenters. The second kappa shape index (κ2) is 11.7. The molecule has 0 aliphatic rings. The van der Waals surface area contributed by atoms with Crippen molar-refractivity contribution >= 4 is 11.6 Å². The maximum absolute atomic E-state index is 12.8. The van der Waals surface area contributed by atoms with E-state index in [1.807, 2.05) is 32.0 Å². The van der Waals surface area contributed by atoms with Crippen LogP contribution in [0.1, 0.15) is 26.7 Å². The lowest BCUT2D eigenvalue weighted by molar-refractivity contribution is 0.307. The van der Waals surface area contributed by atoms with Gasteiger partial charge >= 0.3 is 0 Å². The smallest absolute Gasteiger partial charge is 0.193 e. The molecule has 0 fully saturated rings. The molecule has 28 heavy (non-hydrogen) atoms. The van der Waals surface area contributed by atoms with Crippen LogP contribution in [0.15, 0.2) is 47.5 Å². The van der Waals surface area contributed by atoms with Crippen LogP contribution in [0.3, 0.4) is 0 Å². The van der Waals surface area contributed by atoms with Gasteiger partial charge in [-0.15, -0.1) is 0 Å². The first-order chi connectivity index (χ1) is 13.6. The van der Waals surface area contributed by atoms with Crippen LogP contribution in [0.2, 0.25) is 0 Å². The molecule has 7 heteroatoms. The van der Waals surface area contributed by atoms with Gasteiger partial charge in [0, 0.05) is 12.6 Å². The van der Waals surface area contributed by atoms with Gasteiger partial charge in [0.15, 0.2) is 5.96 Å². The van der Waals surface area contributed by atoms with Gasteiger partial charge in [0.1, 0.15) is 23.1 Å². The van der Waals surface area contributed by atoms with Crippen molar-refractivity contribution in [2.75, 3.05) is 31.7 Å². The first-order valence-corrected chi connectivity index (χ1v) is 9.47. The SMILES string of the molecule is CCOc1ccc(OCC)c(NC(N)=NCCCCOc2ccc(F)cc2)c1. The average molecular weight is 389 g/mol. The molecule has 0 saturated carbocycles. The Morgan fingerprint density at radius 3 is 2.39 bits per heavy atom. The van der Waals surface area contributed by atoms with E-state index in [9.17, 15) is 4.39 Å². The molecular formula is C21H28FN3O3. The zero-order valence-corrected chi connectivity index (χ0v) is 16.4. The van der Waals surface area contributed by atoms with Gasteiger partial charge in [-0.05, 0) is 63.1 Å². The number of halogens is 1. The summed E-state index contributed by atoms with van der Waals surface area (Å²) in [4.78, 5) is 4.33. The van der Waals surface area contributed by atoms with E-state index in [2.05, 4.69) is 10.3 Å². The lowest BCUT2D eigenvalue weighted by Gasteiger charge is -2.14. The highest BCUT2D eigenvalue weighted by Gasteiger charge is 2.07. The van der Waals surface area contributed by atoms with Crippen molar-refractivity contribution in [2.45, 2.75) is 26.7 Å². The Morgan fingerprint density at radius 1 is 0.964 bits per heavy atom. The number of hydrogen-bond acceptors (Lipinski definition) is 4. The molecular weight excluding hydrogens is 361 g/mol. The van der Waals surface area contributed by atoms with Crippen LogP contribution in [-0.2, 0) is 0 Å². The van der Waals surface area contributed by atoms with Gasteiger partial charge in [0.05, 0.1) is 25.5 Å². The second-order valence-electron chi connectivity index (χ2n) is 5.93. The Morgan fingerprint density at radius 2 is 1.68 bits per heavy atom. The minimum absolute atomic E-state index is 0.274. The number of hydrogen-bond donors (Lipinski definition) is 2. The fourth-order valence-electron chi connectivity index (χ4n) is 2.46. The summed E-state index contributed by atoms with van der Waals surface area (Å²) in [6.07, 6.45) is 1.64. The Bertz CT molecular complexity index is 751. The summed E-state index contributed by atoms with van der Waals surface area (Å²) in [7, 11) is 0. The first-order valence-electron chi connectivity index (χ1n) is 9.47. The van der Waals surface area contributed by atoms with E-state index >= 15 is 0 Å². The van der Waals surface area contributed by atoms with E-state index < -0.39 is 0 Å². The van der Waals surface area contributed by atoms with Crippen LogP contribution in [0.4, 0.5) is 10.1 Å². The van der Waals surface area contributed by atoms with Gasteiger partial charge in [0.2, 0.25) is 0 Å². The molecule has 0 amide bonds. The summed E-state index contributed by atoms with van der Waals surface area (Å²) in [5.41, 5.74) is 6.71. The van der Waals surface area contributed by atoms with E-state index in [1.54, 1.807) is 12.1 Å². The third-order valence-corrected chi connectivity index (χ3v) is 3.74. The summed E-state index contributed by atoms with van der Waals surface area (Å²) in [6.45, 7) is 6.09. The van der Waals surface area contributed by atoms with Crippen LogP contribution in [-0.4, -0.2) is 32.3 Å². The first kappa shape index (κ1) is 21.3. The minimum atomic E-state index is -0.274. The molecule has 6 nitrogen and oxygen atoms in total. The van der Waals surface area contributed by atoms with Crippen molar-refractivity contribution in [1.82, 2.24) is 0 Å².